The molecular weight excluding hydrogens is 348 g/mol. The molecule has 1 aliphatic heterocycles. The molecule has 1 aromatic carbocycles. The summed E-state index contributed by atoms with van der Waals surface area (Å²) in [5, 5.41) is 12.1. The minimum Gasteiger partial charge on any atom is -0.480 e. The van der Waals surface area contributed by atoms with E-state index in [1.807, 2.05) is 51.1 Å². The SMILES string of the molecule is CC(C)(C)OC(=O)N1CCC(C(=O)N[C@@H](Cc2ccccc2)C(=O)O)CC1. The van der Waals surface area contributed by atoms with Crippen LogP contribution >= 0.6 is 0 Å². The van der Waals surface area contributed by atoms with E-state index in [1.165, 1.54) is 0 Å². The maximum Gasteiger partial charge on any atom is 0.410 e. The molecule has 1 atom stereocenters. The van der Waals surface area contributed by atoms with Crippen molar-refractivity contribution >= 4 is 18.0 Å². The predicted molar refractivity (Wildman–Crippen MR) is 100 cm³/mol. The van der Waals surface area contributed by atoms with Gasteiger partial charge < -0.3 is 20.1 Å². The van der Waals surface area contributed by atoms with Crippen LogP contribution in [0.3, 0.4) is 0 Å². The monoisotopic (exact) mass is 376 g/mol. The summed E-state index contributed by atoms with van der Waals surface area (Å²) in [6, 6.07) is 8.23. The molecule has 7 heteroatoms. The van der Waals surface area contributed by atoms with Gasteiger partial charge in [-0.25, -0.2) is 9.59 Å². The Morgan fingerprint density at radius 3 is 2.30 bits per heavy atom. The van der Waals surface area contributed by atoms with Crippen LogP contribution in [0.25, 0.3) is 0 Å². The Bertz CT molecular complexity index is 661. The molecule has 0 aliphatic carbocycles. The highest BCUT2D eigenvalue weighted by Crippen LogP contribution is 2.20. The normalized spacial score (nSPS) is 16.5. The van der Waals surface area contributed by atoms with Crippen LogP contribution in [0.5, 0.6) is 0 Å². The van der Waals surface area contributed by atoms with Crippen LogP contribution < -0.4 is 5.32 Å². The number of amides is 2. The number of hydrogen-bond acceptors (Lipinski definition) is 4. The average Bonchev–Trinajstić information content (AvgIpc) is 2.60. The van der Waals surface area contributed by atoms with Crippen molar-refractivity contribution in [1.82, 2.24) is 10.2 Å². The van der Waals surface area contributed by atoms with Gasteiger partial charge in [0.2, 0.25) is 5.91 Å². The first-order valence-electron chi connectivity index (χ1n) is 9.21. The van der Waals surface area contributed by atoms with Gasteiger partial charge in [-0.2, -0.15) is 0 Å². The zero-order valence-corrected chi connectivity index (χ0v) is 16.1. The molecule has 2 rings (SSSR count). The zero-order valence-electron chi connectivity index (χ0n) is 16.1. The van der Waals surface area contributed by atoms with Gasteiger partial charge in [0.25, 0.3) is 0 Å². The van der Waals surface area contributed by atoms with Crippen LogP contribution in [0.4, 0.5) is 4.79 Å². The van der Waals surface area contributed by atoms with Crippen LogP contribution in [0, 0.1) is 5.92 Å². The first kappa shape index (κ1) is 20.7. The van der Waals surface area contributed by atoms with Gasteiger partial charge in [-0.05, 0) is 39.2 Å². The smallest absolute Gasteiger partial charge is 0.410 e. The minimum absolute atomic E-state index is 0.235. The van der Waals surface area contributed by atoms with Crippen LogP contribution in [0.15, 0.2) is 30.3 Å². The van der Waals surface area contributed by atoms with Crippen molar-refractivity contribution in [3.05, 3.63) is 35.9 Å². The lowest BCUT2D eigenvalue weighted by atomic mass is 9.95. The number of piperidine rings is 1. The number of carbonyl (C=O) groups is 3. The number of benzene rings is 1. The van der Waals surface area contributed by atoms with E-state index in [4.69, 9.17) is 4.74 Å². The summed E-state index contributed by atoms with van der Waals surface area (Å²) in [6.07, 6.45) is 0.832. The predicted octanol–water partition coefficient (Wildman–Crippen LogP) is 2.45. The highest BCUT2D eigenvalue weighted by Gasteiger charge is 2.31. The average molecular weight is 376 g/mol. The second-order valence-corrected chi connectivity index (χ2v) is 7.83. The van der Waals surface area contributed by atoms with Gasteiger partial charge in [-0.3, -0.25) is 4.79 Å². The fourth-order valence-corrected chi connectivity index (χ4v) is 2.99. The number of aliphatic carboxylic acids is 1. The topological polar surface area (TPSA) is 95.9 Å². The molecule has 7 nitrogen and oxygen atoms in total. The third-order valence-electron chi connectivity index (χ3n) is 4.41. The van der Waals surface area contributed by atoms with Gasteiger partial charge in [0, 0.05) is 25.4 Å². The number of hydrogen-bond donors (Lipinski definition) is 2. The van der Waals surface area contributed by atoms with Gasteiger partial charge in [-0.1, -0.05) is 30.3 Å². The number of carboxylic acid groups (broad SMARTS) is 1. The Morgan fingerprint density at radius 1 is 1.19 bits per heavy atom. The Kier molecular flexibility index (Phi) is 6.82. The molecule has 0 saturated carbocycles. The number of nitrogens with one attached hydrogen (secondary N) is 1. The number of likely N-dealkylation sites (tertiary alicyclic amines) is 1. The summed E-state index contributed by atoms with van der Waals surface area (Å²) in [6.45, 7) is 6.27. The van der Waals surface area contributed by atoms with Crippen molar-refractivity contribution in [2.24, 2.45) is 5.92 Å². The number of carboxylic acids is 1. The van der Waals surface area contributed by atoms with Crippen molar-refractivity contribution < 1.29 is 24.2 Å². The highest BCUT2D eigenvalue weighted by atomic mass is 16.6. The maximum absolute atomic E-state index is 12.5. The van der Waals surface area contributed by atoms with Crippen LogP contribution in [0.2, 0.25) is 0 Å². The van der Waals surface area contributed by atoms with Gasteiger partial charge in [0.15, 0.2) is 0 Å². The largest absolute Gasteiger partial charge is 0.480 e. The molecule has 2 N–H and O–H groups in total. The van der Waals surface area contributed by atoms with Crippen molar-refractivity contribution in [2.45, 2.75) is 51.7 Å². The Hall–Kier alpha value is -2.57. The molecular formula is C20H28N2O5. The van der Waals surface area contributed by atoms with Gasteiger partial charge in [-0.15, -0.1) is 0 Å². The molecule has 148 valence electrons. The van der Waals surface area contributed by atoms with E-state index in [-0.39, 0.29) is 24.3 Å². The molecule has 2 amide bonds. The molecule has 1 aliphatic rings. The number of ether oxygens (including phenoxy) is 1. The third kappa shape index (κ3) is 6.58. The van der Waals surface area contributed by atoms with Crippen LogP contribution in [-0.4, -0.2) is 52.7 Å². The van der Waals surface area contributed by atoms with E-state index in [1.54, 1.807) is 4.90 Å². The van der Waals surface area contributed by atoms with E-state index in [0.29, 0.717) is 25.9 Å². The molecule has 27 heavy (non-hydrogen) atoms. The second-order valence-electron chi connectivity index (χ2n) is 7.83. The molecule has 0 aromatic heterocycles. The van der Waals surface area contributed by atoms with E-state index in [9.17, 15) is 19.5 Å². The van der Waals surface area contributed by atoms with Gasteiger partial charge in [0.1, 0.15) is 11.6 Å². The third-order valence-corrected chi connectivity index (χ3v) is 4.41. The summed E-state index contributed by atoms with van der Waals surface area (Å²) in [4.78, 5) is 37.7. The minimum atomic E-state index is -1.06. The fourth-order valence-electron chi connectivity index (χ4n) is 2.99. The molecule has 0 radical (unpaired) electrons. The van der Waals surface area contributed by atoms with Crippen molar-refractivity contribution in [1.29, 1.82) is 0 Å². The van der Waals surface area contributed by atoms with Crippen molar-refractivity contribution in [2.75, 3.05) is 13.1 Å². The number of nitrogens with zero attached hydrogens (tertiary/aromatic N) is 1. The quantitative estimate of drug-likeness (QED) is 0.823. The van der Waals surface area contributed by atoms with Gasteiger partial charge >= 0.3 is 12.1 Å². The number of carbonyl (C=O) groups excluding carboxylic acids is 2. The molecule has 1 heterocycles. The van der Waals surface area contributed by atoms with Crippen molar-refractivity contribution in [3.63, 3.8) is 0 Å². The van der Waals surface area contributed by atoms with E-state index >= 15 is 0 Å². The first-order valence-corrected chi connectivity index (χ1v) is 9.21. The molecule has 0 unspecified atom stereocenters. The van der Waals surface area contributed by atoms with E-state index in [0.717, 1.165) is 5.56 Å². The second kappa shape index (κ2) is 8.88. The summed E-state index contributed by atoms with van der Waals surface area (Å²) >= 11 is 0. The highest BCUT2D eigenvalue weighted by molar-refractivity contribution is 5.85. The summed E-state index contributed by atoms with van der Waals surface area (Å²) in [5.41, 5.74) is 0.294. The molecule has 1 saturated heterocycles. The lowest BCUT2D eigenvalue weighted by Gasteiger charge is -2.33. The number of rotatable bonds is 5. The molecule has 0 spiro atoms. The zero-order chi connectivity index (χ0) is 20.0. The van der Waals surface area contributed by atoms with Crippen LogP contribution in [-0.2, 0) is 20.7 Å². The maximum atomic E-state index is 12.5. The van der Waals surface area contributed by atoms with Crippen molar-refractivity contribution in [3.8, 4) is 0 Å². The molecule has 1 aromatic rings. The molecule has 1 fully saturated rings. The Labute approximate surface area is 159 Å². The fraction of sp³-hybridized carbons (Fsp3) is 0.550. The van der Waals surface area contributed by atoms with E-state index in [2.05, 4.69) is 5.32 Å². The Balaban J connectivity index is 1.87. The lowest BCUT2D eigenvalue weighted by molar-refractivity contribution is -0.142. The summed E-state index contributed by atoms with van der Waals surface area (Å²) in [7, 11) is 0. The lowest BCUT2D eigenvalue weighted by Crippen LogP contribution is -2.48. The van der Waals surface area contributed by atoms with Crippen LogP contribution in [0.1, 0.15) is 39.2 Å². The summed E-state index contributed by atoms with van der Waals surface area (Å²) < 4.78 is 5.34. The standard InChI is InChI=1S/C20H28N2O5/c1-20(2,3)27-19(26)22-11-9-15(10-12-22)17(23)21-16(18(24)25)13-14-7-5-4-6-8-14/h4-8,15-16H,9-13H2,1-3H3,(H,21,23)(H,24,25)/t16-/m0/s1. The summed E-state index contributed by atoms with van der Waals surface area (Å²) in [5.74, 6) is -1.64. The van der Waals surface area contributed by atoms with Gasteiger partial charge in [0.05, 0.1) is 0 Å². The first-order chi connectivity index (χ1) is 12.7. The van der Waals surface area contributed by atoms with E-state index < -0.39 is 17.6 Å². The Morgan fingerprint density at radius 2 is 1.78 bits per heavy atom. The molecule has 0 bridgehead atoms.